The fourth-order valence-corrected chi connectivity index (χ4v) is 3.39. The summed E-state index contributed by atoms with van der Waals surface area (Å²) in [5, 5.41) is 2.73. The average Bonchev–Trinajstić information content (AvgIpc) is 3.00. The molecular weight excluding hydrogens is 396 g/mol. The number of ether oxygens (including phenoxy) is 2. The van der Waals surface area contributed by atoms with Crippen molar-refractivity contribution in [3.05, 3.63) is 39.0 Å². The number of thiophene rings is 1. The lowest BCUT2D eigenvalue weighted by Gasteiger charge is -2.17. The third-order valence-electron chi connectivity index (χ3n) is 3.19. The van der Waals surface area contributed by atoms with Gasteiger partial charge in [-0.15, -0.1) is 11.3 Å². The summed E-state index contributed by atoms with van der Waals surface area (Å²) >= 11 is 4.64. The third-order valence-corrected chi connectivity index (χ3v) is 4.80. The number of hydrogen-bond donors (Lipinski definition) is 1. The van der Waals surface area contributed by atoms with E-state index in [0.717, 1.165) is 3.79 Å². The molecule has 0 saturated heterocycles. The molecule has 0 spiro atoms. The summed E-state index contributed by atoms with van der Waals surface area (Å²) < 4.78 is 11.2. The van der Waals surface area contributed by atoms with Gasteiger partial charge in [0.15, 0.2) is 0 Å². The first-order chi connectivity index (χ1) is 11.4. The fourth-order valence-electron chi connectivity index (χ4n) is 2.01. The average molecular weight is 413 g/mol. The zero-order valence-electron chi connectivity index (χ0n) is 13.5. The zero-order chi connectivity index (χ0) is 17.7. The van der Waals surface area contributed by atoms with Crippen molar-refractivity contribution in [2.75, 3.05) is 33.1 Å². The molecule has 2 aromatic rings. The van der Waals surface area contributed by atoms with Crippen LogP contribution in [0.25, 0.3) is 0 Å². The summed E-state index contributed by atoms with van der Waals surface area (Å²) in [6.45, 7) is -0.0747. The van der Waals surface area contributed by atoms with Gasteiger partial charge in [0.25, 0.3) is 5.91 Å². The number of rotatable bonds is 6. The van der Waals surface area contributed by atoms with Gasteiger partial charge in [0.05, 0.1) is 35.1 Å². The predicted molar refractivity (Wildman–Crippen MR) is 97.2 cm³/mol. The summed E-state index contributed by atoms with van der Waals surface area (Å²) in [6, 6.07) is 8.61. The number of likely N-dealkylation sites (N-methyl/N-ethyl adjacent to an activating group) is 1. The normalized spacial score (nSPS) is 10.2. The molecule has 0 aliphatic heterocycles. The van der Waals surface area contributed by atoms with Gasteiger partial charge >= 0.3 is 0 Å². The summed E-state index contributed by atoms with van der Waals surface area (Å²) in [7, 11) is 4.64. The van der Waals surface area contributed by atoms with Crippen molar-refractivity contribution in [1.82, 2.24) is 4.90 Å². The van der Waals surface area contributed by atoms with Crippen LogP contribution in [0.15, 0.2) is 34.1 Å². The lowest BCUT2D eigenvalue weighted by atomic mass is 10.2. The molecule has 6 nitrogen and oxygen atoms in total. The Hall–Kier alpha value is -2.06. The third kappa shape index (κ3) is 4.48. The molecule has 1 aromatic carbocycles. The van der Waals surface area contributed by atoms with Crippen molar-refractivity contribution in [2.45, 2.75) is 0 Å². The van der Waals surface area contributed by atoms with Crippen LogP contribution in [0, 0.1) is 0 Å². The molecule has 0 atom stereocenters. The van der Waals surface area contributed by atoms with Crippen LogP contribution >= 0.6 is 27.3 Å². The predicted octanol–water partition coefficient (Wildman–Crippen LogP) is 3.24. The first kappa shape index (κ1) is 18.3. The van der Waals surface area contributed by atoms with E-state index in [2.05, 4.69) is 21.2 Å². The van der Waals surface area contributed by atoms with Crippen molar-refractivity contribution in [1.29, 1.82) is 0 Å². The zero-order valence-corrected chi connectivity index (χ0v) is 15.9. The summed E-state index contributed by atoms with van der Waals surface area (Å²) in [6.07, 6.45) is 0. The number of nitrogens with zero attached hydrogens (tertiary/aromatic N) is 1. The van der Waals surface area contributed by atoms with Gasteiger partial charge in [-0.3, -0.25) is 9.59 Å². The Labute approximate surface area is 152 Å². The summed E-state index contributed by atoms with van der Waals surface area (Å²) in [5.74, 6) is 0.575. The number of methoxy groups -OCH3 is 2. The number of carbonyl (C=O) groups is 2. The Morgan fingerprint density at radius 3 is 2.54 bits per heavy atom. The van der Waals surface area contributed by atoms with Crippen LogP contribution in [-0.4, -0.2) is 44.5 Å². The molecule has 2 rings (SSSR count). The number of halogens is 1. The monoisotopic (exact) mass is 412 g/mol. The van der Waals surface area contributed by atoms with Crippen molar-refractivity contribution >= 4 is 44.8 Å². The fraction of sp³-hybridized carbons (Fsp3) is 0.250. The minimum Gasteiger partial charge on any atom is -0.497 e. The van der Waals surface area contributed by atoms with E-state index in [1.165, 1.54) is 23.3 Å². The number of anilines is 1. The van der Waals surface area contributed by atoms with Gasteiger partial charge in [0, 0.05) is 13.1 Å². The van der Waals surface area contributed by atoms with E-state index in [-0.39, 0.29) is 18.4 Å². The molecule has 2 amide bonds. The van der Waals surface area contributed by atoms with E-state index < -0.39 is 0 Å². The number of carbonyl (C=O) groups excluding carboxylic acids is 2. The Morgan fingerprint density at radius 1 is 1.21 bits per heavy atom. The van der Waals surface area contributed by atoms with E-state index in [0.29, 0.717) is 22.1 Å². The number of amides is 2. The lowest BCUT2D eigenvalue weighted by molar-refractivity contribution is -0.116. The van der Waals surface area contributed by atoms with Gasteiger partial charge in [0.2, 0.25) is 5.91 Å². The molecule has 0 fully saturated rings. The van der Waals surface area contributed by atoms with Gasteiger partial charge in [-0.2, -0.15) is 0 Å². The summed E-state index contributed by atoms with van der Waals surface area (Å²) in [5.41, 5.74) is 0.488. The largest absolute Gasteiger partial charge is 0.497 e. The number of hydrogen-bond acceptors (Lipinski definition) is 5. The molecular formula is C16H17BrN2O4S. The standard InChI is InChI=1S/C16H17BrN2O4S/c1-19(16(21)13-6-7-14(17)24-13)9-15(20)18-11-8-10(22-2)4-5-12(11)23-3/h4-8H,9H2,1-3H3,(H,18,20). The minimum absolute atomic E-state index is 0.0747. The van der Waals surface area contributed by atoms with Crippen LogP contribution in [0.4, 0.5) is 5.69 Å². The molecule has 0 bridgehead atoms. The molecule has 24 heavy (non-hydrogen) atoms. The topological polar surface area (TPSA) is 67.9 Å². The smallest absolute Gasteiger partial charge is 0.264 e. The number of benzene rings is 1. The molecule has 0 unspecified atom stereocenters. The SMILES string of the molecule is COc1ccc(OC)c(NC(=O)CN(C)C(=O)c2ccc(Br)s2)c1. The van der Waals surface area contributed by atoms with E-state index in [4.69, 9.17) is 9.47 Å². The Bertz CT molecular complexity index is 747. The van der Waals surface area contributed by atoms with Crippen molar-refractivity contribution < 1.29 is 19.1 Å². The van der Waals surface area contributed by atoms with Crippen molar-refractivity contribution in [3.8, 4) is 11.5 Å². The molecule has 128 valence electrons. The van der Waals surface area contributed by atoms with Crippen LogP contribution in [0.1, 0.15) is 9.67 Å². The van der Waals surface area contributed by atoms with Gasteiger partial charge in [0.1, 0.15) is 11.5 Å². The maximum absolute atomic E-state index is 12.3. The second-order valence-corrected chi connectivity index (χ2v) is 7.34. The highest BCUT2D eigenvalue weighted by molar-refractivity contribution is 9.11. The van der Waals surface area contributed by atoms with Crippen LogP contribution in [0.3, 0.4) is 0 Å². The van der Waals surface area contributed by atoms with Crippen LogP contribution < -0.4 is 14.8 Å². The second-order valence-electron chi connectivity index (χ2n) is 4.88. The molecule has 1 heterocycles. The van der Waals surface area contributed by atoms with Gasteiger partial charge in [-0.25, -0.2) is 0 Å². The van der Waals surface area contributed by atoms with Crippen molar-refractivity contribution in [2.24, 2.45) is 0 Å². The second kappa shape index (κ2) is 8.16. The maximum Gasteiger partial charge on any atom is 0.264 e. The first-order valence-corrected chi connectivity index (χ1v) is 8.58. The quantitative estimate of drug-likeness (QED) is 0.790. The van der Waals surface area contributed by atoms with E-state index in [1.54, 1.807) is 44.5 Å². The first-order valence-electron chi connectivity index (χ1n) is 6.97. The van der Waals surface area contributed by atoms with E-state index in [9.17, 15) is 9.59 Å². The minimum atomic E-state index is -0.326. The molecule has 0 aliphatic rings. The Morgan fingerprint density at radius 2 is 1.96 bits per heavy atom. The lowest BCUT2D eigenvalue weighted by Crippen LogP contribution is -2.34. The number of nitrogens with one attached hydrogen (secondary N) is 1. The molecule has 0 radical (unpaired) electrons. The highest BCUT2D eigenvalue weighted by Gasteiger charge is 2.17. The Kier molecular flexibility index (Phi) is 6.22. The van der Waals surface area contributed by atoms with Crippen LogP contribution in [-0.2, 0) is 4.79 Å². The highest BCUT2D eigenvalue weighted by atomic mass is 79.9. The Balaban J connectivity index is 2.03. The van der Waals surface area contributed by atoms with Gasteiger partial charge in [-0.1, -0.05) is 0 Å². The maximum atomic E-state index is 12.3. The molecule has 0 saturated carbocycles. The molecule has 8 heteroatoms. The van der Waals surface area contributed by atoms with E-state index in [1.807, 2.05) is 0 Å². The molecule has 1 N–H and O–H groups in total. The van der Waals surface area contributed by atoms with Crippen LogP contribution in [0.2, 0.25) is 0 Å². The highest BCUT2D eigenvalue weighted by Crippen LogP contribution is 2.29. The molecule has 0 aliphatic carbocycles. The summed E-state index contributed by atoms with van der Waals surface area (Å²) in [4.78, 5) is 26.4. The van der Waals surface area contributed by atoms with Gasteiger partial charge < -0.3 is 19.7 Å². The molecule has 1 aromatic heterocycles. The van der Waals surface area contributed by atoms with Gasteiger partial charge in [-0.05, 0) is 40.2 Å². The van der Waals surface area contributed by atoms with Crippen molar-refractivity contribution in [3.63, 3.8) is 0 Å². The van der Waals surface area contributed by atoms with E-state index >= 15 is 0 Å². The van der Waals surface area contributed by atoms with Crippen LogP contribution in [0.5, 0.6) is 11.5 Å².